The van der Waals surface area contributed by atoms with Gasteiger partial charge in [0.2, 0.25) is 11.9 Å². The van der Waals surface area contributed by atoms with E-state index in [0.717, 1.165) is 38.1 Å². The van der Waals surface area contributed by atoms with Gasteiger partial charge in [-0.15, -0.1) is 0 Å². The minimum absolute atomic E-state index is 0.00794. The number of nitrogens with zero attached hydrogens (tertiary/aromatic N) is 4. The molecule has 2 aliphatic heterocycles. The van der Waals surface area contributed by atoms with Crippen LogP contribution in [0.2, 0.25) is 0 Å². The van der Waals surface area contributed by atoms with Gasteiger partial charge in [-0.05, 0) is 37.5 Å². The summed E-state index contributed by atoms with van der Waals surface area (Å²) in [5.74, 6) is -0.838. The Bertz CT molecular complexity index is 684. The standard InChI is InChI=1S/C17H21FN4O3/c18-12-8-19-16(20-9-12)21-5-3-17(4-6-21)7-13(15(24)25)22(10-17)14(23)11-1-2-11/h8-9,11,13H,1-7,10H2,(H,24,25)/t13-/m1/s1. The predicted octanol–water partition coefficient (Wildman–Crippen LogP) is 1.30. The number of aromatic nitrogens is 2. The molecule has 1 atom stereocenters. The number of halogens is 1. The second-order valence-corrected chi connectivity index (χ2v) is 7.49. The highest BCUT2D eigenvalue weighted by Gasteiger charge is 2.51. The van der Waals surface area contributed by atoms with Crippen molar-refractivity contribution in [1.82, 2.24) is 14.9 Å². The van der Waals surface area contributed by atoms with E-state index in [9.17, 15) is 19.1 Å². The minimum Gasteiger partial charge on any atom is -0.480 e. The Morgan fingerprint density at radius 1 is 1.20 bits per heavy atom. The summed E-state index contributed by atoms with van der Waals surface area (Å²) in [5.41, 5.74) is -0.149. The molecule has 1 aromatic rings. The Hall–Kier alpha value is -2.25. The van der Waals surface area contributed by atoms with Crippen LogP contribution in [0.4, 0.5) is 10.3 Å². The molecule has 3 heterocycles. The van der Waals surface area contributed by atoms with Crippen molar-refractivity contribution < 1.29 is 19.1 Å². The van der Waals surface area contributed by atoms with Gasteiger partial charge in [-0.3, -0.25) is 4.79 Å². The van der Waals surface area contributed by atoms with Crippen LogP contribution in [0.15, 0.2) is 12.4 Å². The summed E-state index contributed by atoms with van der Waals surface area (Å²) >= 11 is 0. The number of aliphatic carboxylic acids is 1. The molecule has 3 fully saturated rings. The molecule has 2 saturated heterocycles. The van der Waals surface area contributed by atoms with E-state index in [1.807, 2.05) is 4.90 Å². The zero-order valence-corrected chi connectivity index (χ0v) is 13.9. The summed E-state index contributed by atoms with van der Waals surface area (Å²) in [6, 6.07) is -0.707. The maximum Gasteiger partial charge on any atom is 0.326 e. The number of amides is 1. The monoisotopic (exact) mass is 348 g/mol. The lowest BCUT2D eigenvalue weighted by atomic mass is 9.76. The molecule has 0 aromatic carbocycles. The highest BCUT2D eigenvalue weighted by Crippen LogP contribution is 2.45. The van der Waals surface area contributed by atoms with Crippen LogP contribution >= 0.6 is 0 Å². The van der Waals surface area contributed by atoms with E-state index in [1.54, 1.807) is 4.90 Å². The van der Waals surface area contributed by atoms with Crippen molar-refractivity contribution in [2.24, 2.45) is 11.3 Å². The summed E-state index contributed by atoms with van der Waals surface area (Å²) in [6.07, 6.45) is 6.14. The Morgan fingerprint density at radius 3 is 2.40 bits per heavy atom. The van der Waals surface area contributed by atoms with Gasteiger partial charge in [0.15, 0.2) is 5.82 Å². The zero-order chi connectivity index (χ0) is 17.6. The van der Waals surface area contributed by atoms with Gasteiger partial charge in [-0.2, -0.15) is 0 Å². The van der Waals surface area contributed by atoms with Crippen LogP contribution in [0, 0.1) is 17.2 Å². The molecular formula is C17H21FN4O3. The maximum atomic E-state index is 13.0. The first-order valence-corrected chi connectivity index (χ1v) is 8.73. The number of carbonyl (C=O) groups excluding carboxylic acids is 1. The van der Waals surface area contributed by atoms with E-state index in [-0.39, 0.29) is 17.2 Å². The van der Waals surface area contributed by atoms with Gasteiger partial charge < -0.3 is 14.9 Å². The van der Waals surface area contributed by atoms with Gasteiger partial charge in [0.1, 0.15) is 6.04 Å². The van der Waals surface area contributed by atoms with E-state index < -0.39 is 17.8 Å². The van der Waals surface area contributed by atoms with E-state index in [0.29, 0.717) is 32.0 Å². The molecule has 0 bridgehead atoms. The third-order valence-corrected chi connectivity index (χ3v) is 5.72. The molecular weight excluding hydrogens is 327 g/mol. The molecule has 7 nitrogen and oxygen atoms in total. The SMILES string of the molecule is O=C(O)[C@H]1CC2(CCN(c3ncc(F)cn3)CC2)CN1C(=O)C1CC1. The van der Waals surface area contributed by atoms with Gasteiger partial charge in [-0.25, -0.2) is 19.2 Å². The van der Waals surface area contributed by atoms with E-state index in [4.69, 9.17) is 0 Å². The number of carbonyl (C=O) groups is 2. The Balaban J connectivity index is 1.45. The van der Waals surface area contributed by atoms with E-state index >= 15 is 0 Å². The molecule has 1 aromatic heterocycles. The molecule has 4 rings (SSSR count). The first-order valence-electron chi connectivity index (χ1n) is 8.73. The fourth-order valence-electron chi connectivity index (χ4n) is 4.09. The van der Waals surface area contributed by atoms with Crippen molar-refractivity contribution in [3.05, 3.63) is 18.2 Å². The van der Waals surface area contributed by atoms with Gasteiger partial charge in [0, 0.05) is 25.6 Å². The fourth-order valence-corrected chi connectivity index (χ4v) is 4.09. The molecule has 1 spiro atoms. The molecule has 0 unspecified atom stereocenters. The Morgan fingerprint density at radius 2 is 1.84 bits per heavy atom. The van der Waals surface area contributed by atoms with Crippen molar-refractivity contribution in [3.8, 4) is 0 Å². The molecule has 134 valence electrons. The molecule has 25 heavy (non-hydrogen) atoms. The average molecular weight is 348 g/mol. The van der Waals surface area contributed by atoms with Crippen molar-refractivity contribution in [2.45, 2.75) is 38.1 Å². The lowest BCUT2D eigenvalue weighted by Crippen LogP contribution is -2.43. The van der Waals surface area contributed by atoms with Gasteiger partial charge in [0.25, 0.3) is 0 Å². The number of carboxylic acid groups (broad SMARTS) is 1. The second kappa shape index (κ2) is 5.93. The summed E-state index contributed by atoms with van der Waals surface area (Å²) in [5, 5.41) is 9.54. The van der Waals surface area contributed by atoms with E-state index in [2.05, 4.69) is 9.97 Å². The largest absolute Gasteiger partial charge is 0.480 e. The molecule has 1 amide bonds. The molecule has 1 saturated carbocycles. The van der Waals surface area contributed by atoms with Gasteiger partial charge >= 0.3 is 5.97 Å². The van der Waals surface area contributed by atoms with Crippen LogP contribution < -0.4 is 4.90 Å². The van der Waals surface area contributed by atoms with E-state index in [1.165, 1.54) is 0 Å². The number of piperidine rings is 1. The summed E-state index contributed by atoms with van der Waals surface area (Å²) in [6.45, 7) is 1.89. The number of carboxylic acids is 1. The third-order valence-electron chi connectivity index (χ3n) is 5.72. The van der Waals surface area contributed by atoms with Crippen LogP contribution in [0.25, 0.3) is 0 Å². The fraction of sp³-hybridized carbons (Fsp3) is 0.647. The second-order valence-electron chi connectivity index (χ2n) is 7.49. The predicted molar refractivity (Wildman–Crippen MR) is 86.3 cm³/mol. The average Bonchev–Trinajstić information content (AvgIpc) is 3.38. The van der Waals surface area contributed by atoms with Crippen LogP contribution in [0.1, 0.15) is 32.1 Å². The first-order chi connectivity index (χ1) is 12.0. The van der Waals surface area contributed by atoms with Crippen LogP contribution in [0.3, 0.4) is 0 Å². The number of likely N-dealkylation sites (tertiary alicyclic amines) is 1. The first kappa shape index (κ1) is 16.2. The van der Waals surface area contributed by atoms with Gasteiger partial charge in [0.05, 0.1) is 12.4 Å². The number of hydrogen-bond donors (Lipinski definition) is 1. The lowest BCUT2D eigenvalue weighted by Gasteiger charge is -2.39. The van der Waals surface area contributed by atoms with Crippen LogP contribution in [-0.4, -0.2) is 57.5 Å². The van der Waals surface area contributed by atoms with Crippen LogP contribution in [-0.2, 0) is 9.59 Å². The maximum absolute atomic E-state index is 13.0. The normalized spacial score (nSPS) is 25.4. The summed E-state index contributed by atoms with van der Waals surface area (Å²) in [7, 11) is 0. The van der Waals surface area contributed by atoms with Crippen molar-refractivity contribution in [2.75, 3.05) is 24.5 Å². The summed E-state index contributed by atoms with van der Waals surface area (Å²) in [4.78, 5) is 35.7. The smallest absolute Gasteiger partial charge is 0.326 e. The number of hydrogen-bond acceptors (Lipinski definition) is 5. The van der Waals surface area contributed by atoms with Crippen LogP contribution in [0.5, 0.6) is 0 Å². The molecule has 0 radical (unpaired) electrons. The zero-order valence-electron chi connectivity index (χ0n) is 13.9. The third kappa shape index (κ3) is 3.05. The van der Waals surface area contributed by atoms with Gasteiger partial charge in [-0.1, -0.05) is 0 Å². The Kier molecular flexibility index (Phi) is 3.85. The lowest BCUT2D eigenvalue weighted by molar-refractivity contribution is -0.148. The van der Waals surface area contributed by atoms with Crippen molar-refractivity contribution in [3.63, 3.8) is 0 Å². The molecule has 8 heteroatoms. The Labute approximate surface area is 144 Å². The number of rotatable bonds is 3. The highest BCUT2D eigenvalue weighted by molar-refractivity contribution is 5.87. The van der Waals surface area contributed by atoms with Crippen molar-refractivity contribution >= 4 is 17.8 Å². The summed E-state index contributed by atoms with van der Waals surface area (Å²) < 4.78 is 13.0. The molecule has 3 aliphatic rings. The highest BCUT2D eigenvalue weighted by atomic mass is 19.1. The molecule has 1 N–H and O–H groups in total. The number of anilines is 1. The molecule has 1 aliphatic carbocycles. The quantitative estimate of drug-likeness (QED) is 0.886. The topological polar surface area (TPSA) is 86.6 Å². The minimum atomic E-state index is -0.907. The van der Waals surface area contributed by atoms with Crippen molar-refractivity contribution in [1.29, 1.82) is 0 Å².